The van der Waals surface area contributed by atoms with Gasteiger partial charge >= 0.3 is 5.97 Å². The summed E-state index contributed by atoms with van der Waals surface area (Å²) in [4.78, 5) is 20.3. The highest BCUT2D eigenvalue weighted by molar-refractivity contribution is 6.05. The number of carbonyl (C=O) groups is 1. The molecule has 4 rings (SSSR count). The summed E-state index contributed by atoms with van der Waals surface area (Å²) in [5, 5.41) is 1.08. The third kappa shape index (κ3) is 1.97. The van der Waals surface area contributed by atoms with Crippen molar-refractivity contribution in [3.8, 4) is 0 Å². The molecule has 4 nitrogen and oxygen atoms in total. The zero-order chi connectivity index (χ0) is 14.2. The molecule has 2 aromatic heterocycles. The van der Waals surface area contributed by atoms with E-state index < -0.39 is 0 Å². The lowest BCUT2D eigenvalue weighted by molar-refractivity contribution is 0.0717. The fourth-order valence-electron chi connectivity index (χ4n) is 2.39. The maximum atomic E-state index is 11.8. The van der Waals surface area contributed by atoms with Crippen molar-refractivity contribution in [2.75, 3.05) is 0 Å². The number of ether oxygens (including phenoxy) is 1. The number of fused-ring (bicyclic) bond motifs is 2. The Bertz CT molecular complexity index is 900. The molecule has 3 heterocycles. The molecular weight excluding hydrogens is 264 g/mol. The monoisotopic (exact) mass is 274 g/mol. The lowest BCUT2D eigenvalue weighted by Gasteiger charge is -2.01. The molecule has 0 spiro atoms. The minimum absolute atomic E-state index is 0.370. The Labute approximate surface area is 120 Å². The maximum absolute atomic E-state index is 11.8. The molecule has 0 unspecified atom stereocenters. The van der Waals surface area contributed by atoms with Gasteiger partial charge in [-0.3, -0.25) is 4.98 Å². The van der Waals surface area contributed by atoms with Crippen molar-refractivity contribution in [1.82, 2.24) is 9.97 Å². The van der Waals surface area contributed by atoms with Gasteiger partial charge in [-0.1, -0.05) is 24.3 Å². The molecule has 4 heteroatoms. The number of para-hydroxylation sites is 1. The van der Waals surface area contributed by atoms with Crippen LogP contribution in [0.2, 0.25) is 0 Å². The molecule has 3 aromatic rings. The highest BCUT2D eigenvalue weighted by Crippen LogP contribution is 2.30. The summed E-state index contributed by atoms with van der Waals surface area (Å²) in [6.07, 6.45) is 4.94. The Morgan fingerprint density at radius 2 is 1.90 bits per heavy atom. The van der Waals surface area contributed by atoms with Gasteiger partial charge in [0.05, 0.1) is 16.8 Å². The lowest BCUT2D eigenvalue weighted by Crippen LogP contribution is -1.93. The average Bonchev–Trinajstić information content (AvgIpc) is 2.84. The summed E-state index contributed by atoms with van der Waals surface area (Å²) >= 11 is 0. The van der Waals surface area contributed by atoms with Crippen LogP contribution in [0.3, 0.4) is 0 Å². The van der Waals surface area contributed by atoms with E-state index in [1.54, 1.807) is 18.3 Å². The normalized spacial score (nSPS) is 15.2. The molecule has 0 aliphatic carbocycles. The van der Waals surface area contributed by atoms with Crippen LogP contribution in [-0.2, 0) is 4.74 Å². The number of benzene rings is 1. The third-order valence-corrected chi connectivity index (χ3v) is 3.41. The first-order valence-corrected chi connectivity index (χ1v) is 6.55. The Kier molecular flexibility index (Phi) is 2.54. The number of nitrogens with zero attached hydrogens (tertiary/aromatic N) is 2. The van der Waals surface area contributed by atoms with Crippen LogP contribution < -0.4 is 0 Å². The summed E-state index contributed by atoms with van der Waals surface area (Å²) in [7, 11) is 0. The number of aromatic nitrogens is 2. The quantitative estimate of drug-likeness (QED) is 0.639. The molecule has 0 radical (unpaired) electrons. The highest BCUT2D eigenvalue weighted by Gasteiger charge is 2.26. The van der Waals surface area contributed by atoms with Gasteiger partial charge in [0, 0.05) is 29.4 Å². The van der Waals surface area contributed by atoms with E-state index in [-0.39, 0.29) is 5.97 Å². The van der Waals surface area contributed by atoms with Crippen molar-refractivity contribution in [2.45, 2.75) is 0 Å². The zero-order valence-corrected chi connectivity index (χ0v) is 11.0. The predicted octanol–water partition coefficient (Wildman–Crippen LogP) is 3.30. The van der Waals surface area contributed by atoms with E-state index >= 15 is 0 Å². The van der Waals surface area contributed by atoms with Crippen LogP contribution in [-0.4, -0.2) is 15.9 Å². The largest absolute Gasteiger partial charge is 0.422 e. The number of rotatable bonds is 1. The van der Waals surface area contributed by atoms with Crippen LogP contribution in [0, 0.1) is 0 Å². The van der Waals surface area contributed by atoms with Gasteiger partial charge in [-0.15, -0.1) is 0 Å². The maximum Gasteiger partial charge on any atom is 0.345 e. The number of esters is 1. The fraction of sp³-hybridized carbons (Fsp3) is 0. The van der Waals surface area contributed by atoms with Crippen molar-refractivity contribution in [3.05, 3.63) is 71.7 Å². The SMILES string of the molecule is O=C1O/C(=C\c2ccc3ccccc3n2)c2ccncc21. The van der Waals surface area contributed by atoms with Gasteiger partial charge in [0.1, 0.15) is 5.76 Å². The Balaban J connectivity index is 1.82. The van der Waals surface area contributed by atoms with Crippen molar-refractivity contribution in [3.63, 3.8) is 0 Å². The van der Waals surface area contributed by atoms with E-state index in [2.05, 4.69) is 9.97 Å². The molecule has 0 amide bonds. The van der Waals surface area contributed by atoms with E-state index in [0.29, 0.717) is 11.3 Å². The summed E-state index contributed by atoms with van der Waals surface area (Å²) in [6.45, 7) is 0. The van der Waals surface area contributed by atoms with E-state index in [1.807, 2.05) is 36.4 Å². The molecule has 21 heavy (non-hydrogen) atoms. The molecule has 0 fully saturated rings. The van der Waals surface area contributed by atoms with Crippen LogP contribution in [0.15, 0.2) is 54.9 Å². The average molecular weight is 274 g/mol. The van der Waals surface area contributed by atoms with Crippen LogP contribution in [0.25, 0.3) is 22.7 Å². The number of pyridine rings is 2. The first-order chi connectivity index (χ1) is 10.3. The first-order valence-electron chi connectivity index (χ1n) is 6.55. The number of cyclic esters (lactones) is 1. The summed E-state index contributed by atoms with van der Waals surface area (Å²) in [5.41, 5.74) is 2.90. The van der Waals surface area contributed by atoms with Crippen LogP contribution in [0.4, 0.5) is 0 Å². The molecule has 1 aliphatic heterocycles. The molecule has 0 saturated heterocycles. The molecule has 1 aromatic carbocycles. The van der Waals surface area contributed by atoms with Gasteiger partial charge in [0.15, 0.2) is 0 Å². The van der Waals surface area contributed by atoms with Gasteiger partial charge in [-0.05, 0) is 18.2 Å². The van der Waals surface area contributed by atoms with Gasteiger partial charge in [0.25, 0.3) is 0 Å². The van der Waals surface area contributed by atoms with Gasteiger partial charge in [-0.25, -0.2) is 9.78 Å². The second kappa shape index (κ2) is 4.52. The fourth-order valence-corrected chi connectivity index (χ4v) is 2.39. The summed E-state index contributed by atoms with van der Waals surface area (Å²) < 4.78 is 5.29. The Morgan fingerprint density at radius 3 is 2.86 bits per heavy atom. The van der Waals surface area contributed by atoms with Crippen molar-refractivity contribution >= 4 is 28.7 Å². The summed E-state index contributed by atoms with van der Waals surface area (Å²) in [6, 6.07) is 13.6. The van der Waals surface area contributed by atoms with Crippen LogP contribution in [0.5, 0.6) is 0 Å². The lowest BCUT2D eigenvalue weighted by atomic mass is 10.1. The molecule has 0 N–H and O–H groups in total. The Hall–Kier alpha value is -3.01. The van der Waals surface area contributed by atoms with Gasteiger partial charge in [0.2, 0.25) is 0 Å². The first kappa shape index (κ1) is 11.8. The van der Waals surface area contributed by atoms with E-state index in [4.69, 9.17) is 4.74 Å². The summed E-state index contributed by atoms with van der Waals surface area (Å²) in [5.74, 6) is 0.144. The number of hydrogen-bond donors (Lipinski definition) is 0. The van der Waals surface area contributed by atoms with Crippen LogP contribution in [0.1, 0.15) is 21.6 Å². The van der Waals surface area contributed by atoms with Crippen molar-refractivity contribution in [2.24, 2.45) is 0 Å². The number of hydrogen-bond acceptors (Lipinski definition) is 4. The Morgan fingerprint density at radius 1 is 1.00 bits per heavy atom. The highest BCUT2D eigenvalue weighted by atomic mass is 16.5. The molecule has 1 aliphatic rings. The minimum atomic E-state index is -0.370. The molecule has 0 saturated carbocycles. The van der Waals surface area contributed by atoms with Crippen molar-refractivity contribution in [1.29, 1.82) is 0 Å². The van der Waals surface area contributed by atoms with E-state index in [9.17, 15) is 4.79 Å². The van der Waals surface area contributed by atoms with E-state index in [0.717, 1.165) is 22.2 Å². The predicted molar refractivity (Wildman–Crippen MR) is 79.3 cm³/mol. The number of carbonyl (C=O) groups excluding carboxylic acids is 1. The molecule has 100 valence electrons. The zero-order valence-electron chi connectivity index (χ0n) is 11.0. The third-order valence-electron chi connectivity index (χ3n) is 3.41. The minimum Gasteiger partial charge on any atom is -0.422 e. The molecular formula is C17H10N2O2. The standard InChI is InChI=1S/C17H10N2O2/c20-17-14-10-18-8-7-13(14)16(21-17)9-12-6-5-11-3-1-2-4-15(11)19-12/h1-10H/b16-9-. The van der Waals surface area contributed by atoms with Gasteiger partial charge in [-0.2, -0.15) is 0 Å². The second-order valence-corrected chi connectivity index (χ2v) is 4.75. The van der Waals surface area contributed by atoms with E-state index in [1.165, 1.54) is 6.20 Å². The molecule has 0 atom stereocenters. The topological polar surface area (TPSA) is 52.1 Å². The second-order valence-electron chi connectivity index (χ2n) is 4.75. The van der Waals surface area contributed by atoms with Crippen LogP contribution >= 0.6 is 0 Å². The smallest absolute Gasteiger partial charge is 0.345 e. The molecule has 0 bridgehead atoms. The van der Waals surface area contributed by atoms with Gasteiger partial charge < -0.3 is 4.74 Å². The van der Waals surface area contributed by atoms with Crippen molar-refractivity contribution < 1.29 is 9.53 Å².